The van der Waals surface area contributed by atoms with Gasteiger partial charge in [0.2, 0.25) is 5.91 Å². The maximum atomic E-state index is 11.9. The van der Waals surface area contributed by atoms with E-state index >= 15 is 0 Å². The molecular weight excluding hydrogens is 234 g/mol. The summed E-state index contributed by atoms with van der Waals surface area (Å²) in [6, 6.07) is 12.4. The maximum Gasteiger partial charge on any atom is 0.228 e. The molecule has 0 aromatic heterocycles. The van der Waals surface area contributed by atoms with Crippen LogP contribution in [0.5, 0.6) is 0 Å². The van der Waals surface area contributed by atoms with Gasteiger partial charge in [0.1, 0.15) is 0 Å². The second-order valence-corrected chi connectivity index (χ2v) is 5.61. The van der Waals surface area contributed by atoms with Crippen LogP contribution in [0.2, 0.25) is 0 Å². The molecule has 0 saturated heterocycles. The lowest BCUT2D eigenvalue weighted by atomic mass is 9.82. The van der Waals surface area contributed by atoms with Gasteiger partial charge >= 0.3 is 0 Å². The van der Waals surface area contributed by atoms with Crippen LogP contribution in [0.1, 0.15) is 26.3 Å². The highest BCUT2D eigenvalue weighted by Crippen LogP contribution is 2.49. The highest BCUT2D eigenvalue weighted by atomic mass is 16.2. The second kappa shape index (κ2) is 3.70. The molecule has 2 aromatic carbocycles. The lowest BCUT2D eigenvalue weighted by molar-refractivity contribution is -0.116. The number of anilines is 1. The first-order valence-electron chi connectivity index (χ1n) is 6.47. The molecule has 0 spiro atoms. The monoisotopic (exact) mass is 251 g/mol. The fraction of sp³-hybridized carbons (Fsp3) is 0.235. The van der Waals surface area contributed by atoms with Gasteiger partial charge in [0.25, 0.3) is 0 Å². The Morgan fingerprint density at radius 3 is 2.53 bits per heavy atom. The quantitative estimate of drug-likeness (QED) is 0.693. The number of rotatable bonds is 0. The van der Waals surface area contributed by atoms with E-state index in [-0.39, 0.29) is 11.3 Å². The van der Waals surface area contributed by atoms with Crippen LogP contribution in [0.4, 0.5) is 5.69 Å². The van der Waals surface area contributed by atoms with Crippen molar-refractivity contribution >= 4 is 22.4 Å². The molecule has 3 rings (SSSR count). The Balaban J connectivity index is 2.43. The molecule has 0 unspecified atom stereocenters. The van der Waals surface area contributed by atoms with Crippen LogP contribution < -0.4 is 4.90 Å². The number of amides is 1. The number of allylic oxidation sites excluding steroid dienone is 1. The van der Waals surface area contributed by atoms with Gasteiger partial charge in [0, 0.05) is 18.0 Å². The van der Waals surface area contributed by atoms with Crippen LogP contribution in [-0.4, -0.2) is 5.91 Å². The van der Waals surface area contributed by atoms with Crippen LogP contribution >= 0.6 is 0 Å². The molecule has 2 heteroatoms. The molecule has 1 amide bonds. The van der Waals surface area contributed by atoms with E-state index in [0.717, 1.165) is 11.4 Å². The number of fused-ring (bicyclic) bond motifs is 3. The number of nitrogens with zero attached hydrogens (tertiary/aromatic N) is 1. The van der Waals surface area contributed by atoms with E-state index in [2.05, 4.69) is 38.6 Å². The molecule has 1 heterocycles. The average molecular weight is 251 g/mol. The van der Waals surface area contributed by atoms with Gasteiger partial charge in [-0.1, -0.05) is 50.8 Å². The largest absolute Gasteiger partial charge is 0.284 e. The van der Waals surface area contributed by atoms with Crippen LogP contribution in [0.3, 0.4) is 0 Å². The van der Waals surface area contributed by atoms with Crippen molar-refractivity contribution in [1.29, 1.82) is 0 Å². The standard InChI is InChI=1S/C17H17NO/c1-11-17(3,4)16-14-8-6-5-7-13(14)9-10-15(16)18(11)12(2)19/h5-10H,1H2,2-4H3. The molecule has 0 atom stereocenters. The van der Waals surface area contributed by atoms with Crippen molar-refractivity contribution in [2.45, 2.75) is 26.2 Å². The highest BCUT2D eigenvalue weighted by molar-refractivity contribution is 6.04. The van der Waals surface area contributed by atoms with Gasteiger partial charge in [0.15, 0.2) is 0 Å². The van der Waals surface area contributed by atoms with E-state index in [1.54, 1.807) is 11.8 Å². The molecule has 96 valence electrons. The third-order valence-corrected chi connectivity index (χ3v) is 4.08. The third-order valence-electron chi connectivity index (χ3n) is 4.08. The Bertz CT molecular complexity index is 712. The van der Waals surface area contributed by atoms with Crippen molar-refractivity contribution < 1.29 is 4.79 Å². The summed E-state index contributed by atoms with van der Waals surface area (Å²) in [6.07, 6.45) is 0. The third kappa shape index (κ3) is 1.46. The topological polar surface area (TPSA) is 20.3 Å². The van der Waals surface area contributed by atoms with E-state index in [4.69, 9.17) is 0 Å². The summed E-state index contributed by atoms with van der Waals surface area (Å²) in [5.41, 5.74) is 2.81. The fourth-order valence-corrected chi connectivity index (χ4v) is 3.03. The Kier molecular flexibility index (Phi) is 2.33. The zero-order valence-corrected chi connectivity index (χ0v) is 11.5. The van der Waals surface area contributed by atoms with Crippen molar-refractivity contribution in [1.82, 2.24) is 0 Å². The van der Waals surface area contributed by atoms with Crippen LogP contribution in [0.25, 0.3) is 10.8 Å². The molecule has 19 heavy (non-hydrogen) atoms. The summed E-state index contributed by atoms with van der Waals surface area (Å²) in [4.78, 5) is 13.6. The summed E-state index contributed by atoms with van der Waals surface area (Å²) in [6.45, 7) is 9.98. The highest BCUT2D eigenvalue weighted by Gasteiger charge is 2.41. The molecule has 0 fully saturated rings. The second-order valence-electron chi connectivity index (χ2n) is 5.61. The zero-order valence-electron chi connectivity index (χ0n) is 11.5. The number of carbonyl (C=O) groups excluding carboxylic acids is 1. The lowest BCUT2D eigenvalue weighted by Crippen LogP contribution is -2.28. The Morgan fingerprint density at radius 1 is 1.16 bits per heavy atom. The van der Waals surface area contributed by atoms with Gasteiger partial charge in [-0.05, 0) is 22.4 Å². The Morgan fingerprint density at radius 2 is 1.84 bits per heavy atom. The maximum absolute atomic E-state index is 11.9. The minimum Gasteiger partial charge on any atom is -0.284 e. The molecule has 2 aromatic rings. The van der Waals surface area contributed by atoms with Gasteiger partial charge < -0.3 is 0 Å². The van der Waals surface area contributed by atoms with Crippen molar-refractivity contribution in [3.8, 4) is 0 Å². The number of carbonyl (C=O) groups is 1. The number of hydrogen-bond acceptors (Lipinski definition) is 1. The van der Waals surface area contributed by atoms with Gasteiger partial charge in [-0.3, -0.25) is 9.69 Å². The van der Waals surface area contributed by atoms with E-state index in [1.165, 1.54) is 16.3 Å². The first kappa shape index (κ1) is 12.0. The zero-order chi connectivity index (χ0) is 13.8. The first-order chi connectivity index (χ1) is 8.94. The summed E-state index contributed by atoms with van der Waals surface area (Å²) in [7, 11) is 0. The van der Waals surface area contributed by atoms with E-state index in [1.807, 2.05) is 18.2 Å². The normalized spacial score (nSPS) is 16.8. The predicted molar refractivity (Wildman–Crippen MR) is 79.3 cm³/mol. The predicted octanol–water partition coefficient (Wildman–Crippen LogP) is 4.00. The SMILES string of the molecule is C=C1N(C(C)=O)c2ccc3ccccc3c2C1(C)C. The van der Waals surface area contributed by atoms with E-state index in [9.17, 15) is 4.79 Å². The van der Waals surface area contributed by atoms with Crippen LogP contribution in [-0.2, 0) is 10.2 Å². The number of benzene rings is 2. The van der Waals surface area contributed by atoms with Crippen molar-refractivity contribution in [2.75, 3.05) is 4.90 Å². The molecule has 2 nitrogen and oxygen atoms in total. The summed E-state index contributed by atoms with van der Waals surface area (Å²) < 4.78 is 0. The Hall–Kier alpha value is -2.09. The van der Waals surface area contributed by atoms with Crippen molar-refractivity contribution in [3.05, 3.63) is 54.2 Å². The molecule has 1 aliphatic rings. The Labute approximate surface area is 113 Å². The molecule has 1 aliphatic heterocycles. The van der Waals surface area contributed by atoms with Crippen molar-refractivity contribution in [2.24, 2.45) is 0 Å². The van der Waals surface area contributed by atoms with E-state index < -0.39 is 0 Å². The number of hydrogen-bond donors (Lipinski definition) is 0. The molecular formula is C17H17NO. The summed E-state index contributed by atoms with van der Waals surface area (Å²) in [5, 5.41) is 2.41. The van der Waals surface area contributed by atoms with Crippen molar-refractivity contribution in [3.63, 3.8) is 0 Å². The summed E-state index contributed by atoms with van der Waals surface area (Å²) in [5.74, 6) is 0.0205. The molecule has 0 bridgehead atoms. The smallest absolute Gasteiger partial charge is 0.228 e. The average Bonchev–Trinajstić information content (AvgIpc) is 2.57. The van der Waals surface area contributed by atoms with Crippen LogP contribution in [0.15, 0.2) is 48.7 Å². The van der Waals surface area contributed by atoms with Gasteiger partial charge in [-0.25, -0.2) is 0 Å². The van der Waals surface area contributed by atoms with Gasteiger partial charge in [-0.2, -0.15) is 0 Å². The molecule has 0 radical (unpaired) electrons. The van der Waals surface area contributed by atoms with Gasteiger partial charge in [0.05, 0.1) is 5.69 Å². The molecule has 0 aliphatic carbocycles. The van der Waals surface area contributed by atoms with Gasteiger partial charge in [-0.15, -0.1) is 0 Å². The summed E-state index contributed by atoms with van der Waals surface area (Å²) >= 11 is 0. The minimum atomic E-state index is -0.220. The first-order valence-corrected chi connectivity index (χ1v) is 6.47. The lowest BCUT2D eigenvalue weighted by Gasteiger charge is -2.23. The van der Waals surface area contributed by atoms with E-state index in [0.29, 0.717) is 0 Å². The van der Waals surface area contributed by atoms with Crippen LogP contribution in [0, 0.1) is 0 Å². The fourth-order valence-electron chi connectivity index (χ4n) is 3.03. The molecule has 0 N–H and O–H groups in total. The minimum absolute atomic E-state index is 0.0205. The molecule has 0 saturated carbocycles.